The van der Waals surface area contributed by atoms with Crippen molar-refractivity contribution in [2.24, 2.45) is 0 Å². The third kappa shape index (κ3) is 3.49. The van der Waals surface area contributed by atoms with Crippen molar-refractivity contribution >= 4 is 16.9 Å². The van der Waals surface area contributed by atoms with Gasteiger partial charge in [0.25, 0.3) is 5.91 Å². The van der Waals surface area contributed by atoms with Crippen molar-refractivity contribution in [1.29, 1.82) is 0 Å². The standard InChI is InChI=1S/C24H24N2O5/c1-29-17-6-4-5-16(15-17)21-20-22(27)18-7-2-3-8-19(18)31-23(20)24(28)26(21)10-9-25-11-13-30-14-12-25/h2-8,15,21H,9-14H2,1H3/p+1/t21-/m1/s1. The van der Waals surface area contributed by atoms with E-state index in [-0.39, 0.29) is 17.1 Å². The van der Waals surface area contributed by atoms with E-state index in [2.05, 4.69) is 0 Å². The second-order valence-corrected chi connectivity index (χ2v) is 7.96. The molecule has 1 saturated heterocycles. The lowest BCUT2D eigenvalue weighted by atomic mass is 9.98. The molecule has 2 aromatic carbocycles. The maximum absolute atomic E-state index is 13.5. The monoisotopic (exact) mass is 421 g/mol. The molecule has 1 N–H and O–H groups in total. The van der Waals surface area contributed by atoms with Crippen molar-refractivity contribution in [3.63, 3.8) is 0 Å². The smallest absolute Gasteiger partial charge is 0.291 e. The molecule has 7 heteroatoms. The summed E-state index contributed by atoms with van der Waals surface area (Å²) in [5.74, 6) is 0.592. The van der Waals surface area contributed by atoms with E-state index in [4.69, 9.17) is 13.9 Å². The molecule has 3 aromatic rings. The lowest BCUT2D eigenvalue weighted by molar-refractivity contribution is -0.907. The minimum atomic E-state index is -0.501. The zero-order valence-corrected chi connectivity index (χ0v) is 17.4. The molecule has 1 atom stereocenters. The Morgan fingerprint density at radius 2 is 1.90 bits per heavy atom. The van der Waals surface area contributed by atoms with Crippen LogP contribution in [0.2, 0.25) is 0 Å². The lowest BCUT2D eigenvalue weighted by Crippen LogP contribution is -3.14. The minimum absolute atomic E-state index is 0.147. The fourth-order valence-corrected chi connectivity index (χ4v) is 4.54. The number of rotatable bonds is 5. The zero-order chi connectivity index (χ0) is 21.4. The predicted octanol–water partition coefficient (Wildman–Crippen LogP) is 1.26. The molecule has 0 radical (unpaired) electrons. The molecule has 7 nitrogen and oxygen atoms in total. The molecule has 1 fully saturated rings. The molecule has 2 aliphatic heterocycles. The highest BCUT2D eigenvalue weighted by atomic mass is 16.5. The van der Waals surface area contributed by atoms with Gasteiger partial charge in [-0.05, 0) is 29.8 Å². The van der Waals surface area contributed by atoms with Gasteiger partial charge in [-0.3, -0.25) is 9.59 Å². The number of morpholine rings is 1. The van der Waals surface area contributed by atoms with Crippen molar-refractivity contribution in [2.75, 3.05) is 46.5 Å². The SMILES string of the molecule is COc1cccc([C@@H]2c3c(oc4ccccc4c3=O)C(=O)N2CC[NH+]2CCOCC2)c1. The number of ether oxygens (including phenoxy) is 2. The van der Waals surface area contributed by atoms with Crippen molar-refractivity contribution < 1.29 is 23.6 Å². The summed E-state index contributed by atoms with van der Waals surface area (Å²) in [6.45, 7) is 4.61. The van der Waals surface area contributed by atoms with Gasteiger partial charge in [0.05, 0.1) is 50.4 Å². The number of nitrogens with one attached hydrogen (secondary N) is 1. The van der Waals surface area contributed by atoms with Crippen molar-refractivity contribution in [3.05, 3.63) is 75.6 Å². The average molecular weight is 421 g/mol. The summed E-state index contributed by atoms with van der Waals surface area (Å²) in [6, 6.07) is 14.1. The van der Waals surface area contributed by atoms with E-state index in [0.717, 1.165) is 38.4 Å². The molecular weight excluding hydrogens is 396 g/mol. The Morgan fingerprint density at radius 3 is 2.71 bits per heavy atom. The van der Waals surface area contributed by atoms with Crippen LogP contribution in [0.25, 0.3) is 11.0 Å². The summed E-state index contributed by atoms with van der Waals surface area (Å²) in [5.41, 5.74) is 1.53. The van der Waals surface area contributed by atoms with E-state index in [9.17, 15) is 9.59 Å². The first-order chi connectivity index (χ1) is 15.2. The number of nitrogens with zero attached hydrogens (tertiary/aromatic N) is 1. The van der Waals surface area contributed by atoms with Gasteiger partial charge >= 0.3 is 0 Å². The average Bonchev–Trinajstić information content (AvgIpc) is 3.10. The summed E-state index contributed by atoms with van der Waals surface area (Å²) >= 11 is 0. The molecule has 2 aliphatic rings. The number of para-hydroxylation sites is 1. The summed E-state index contributed by atoms with van der Waals surface area (Å²) in [5, 5.41) is 0.489. The van der Waals surface area contributed by atoms with Crippen LogP contribution in [0, 0.1) is 0 Å². The molecule has 3 heterocycles. The van der Waals surface area contributed by atoms with Gasteiger partial charge in [-0.1, -0.05) is 24.3 Å². The Balaban J connectivity index is 1.60. The third-order valence-corrected chi connectivity index (χ3v) is 6.19. The summed E-state index contributed by atoms with van der Waals surface area (Å²) in [6.07, 6.45) is 0. The predicted molar refractivity (Wildman–Crippen MR) is 115 cm³/mol. The first-order valence-corrected chi connectivity index (χ1v) is 10.6. The first kappa shape index (κ1) is 19.8. The molecule has 0 aliphatic carbocycles. The van der Waals surface area contributed by atoms with Crippen molar-refractivity contribution in [3.8, 4) is 5.75 Å². The fourth-order valence-electron chi connectivity index (χ4n) is 4.54. The van der Waals surface area contributed by atoms with Crippen LogP contribution in [-0.4, -0.2) is 57.3 Å². The number of quaternary nitrogens is 1. The molecule has 0 saturated carbocycles. The van der Waals surface area contributed by atoms with Crippen molar-refractivity contribution in [2.45, 2.75) is 6.04 Å². The van der Waals surface area contributed by atoms with Crippen LogP contribution in [0.3, 0.4) is 0 Å². The highest BCUT2D eigenvalue weighted by molar-refractivity contribution is 5.99. The number of fused-ring (bicyclic) bond motifs is 2. The van der Waals surface area contributed by atoms with Crippen LogP contribution in [0.4, 0.5) is 0 Å². The number of benzene rings is 2. The number of amides is 1. The van der Waals surface area contributed by atoms with Crippen molar-refractivity contribution in [1.82, 2.24) is 4.90 Å². The van der Waals surface area contributed by atoms with Gasteiger partial charge in [-0.15, -0.1) is 0 Å². The summed E-state index contributed by atoms with van der Waals surface area (Å²) in [7, 11) is 1.61. The van der Waals surface area contributed by atoms with E-state index in [0.29, 0.717) is 28.8 Å². The minimum Gasteiger partial charge on any atom is -0.497 e. The van der Waals surface area contributed by atoms with Gasteiger partial charge in [-0.2, -0.15) is 0 Å². The van der Waals surface area contributed by atoms with Crippen LogP contribution >= 0.6 is 0 Å². The highest BCUT2D eigenvalue weighted by Gasteiger charge is 2.43. The van der Waals surface area contributed by atoms with E-state index in [1.54, 1.807) is 30.2 Å². The van der Waals surface area contributed by atoms with E-state index in [1.165, 1.54) is 4.90 Å². The third-order valence-electron chi connectivity index (χ3n) is 6.19. The molecule has 5 rings (SSSR count). The number of hydrogen-bond donors (Lipinski definition) is 1. The number of carbonyl (C=O) groups excluding carboxylic acids is 1. The quantitative estimate of drug-likeness (QED) is 0.672. The molecule has 0 spiro atoms. The molecule has 160 valence electrons. The number of methoxy groups -OCH3 is 1. The van der Waals surface area contributed by atoms with Crippen LogP contribution in [0.15, 0.2) is 57.7 Å². The topological polar surface area (TPSA) is 73.4 Å². The Kier molecular flexibility index (Phi) is 5.21. The zero-order valence-electron chi connectivity index (χ0n) is 17.4. The van der Waals surface area contributed by atoms with Gasteiger partial charge in [0.2, 0.25) is 5.76 Å². The van der Waals surface area contributed by atoms with E-state index >= 15 is 0 Å². The van der Waals surface area contributed by atoms with Crippen LogP contribution < -0.4 is 15.1 Å². The molecule has 0 bridgehead atoms. The molecule has 0 unspecified atom stereocenters. The highest BCUT2D eigenvalue weighted by Crippen LogP contribution is 2.38. The molecule has 31 heavy (non-hydrogen) atoms. The second kappa shape index (κ2) is 8.17. The van der Waals surface area contributed by atoms with Gasteiger partial charge in [0, 0.05) is 0 Å². The van der Waals surface area contributed by atoms with Gasteiger partial charge in [0.15, 0.2) is 5.43 Å². The Bertz CT molecular complexity index is 1180. The second-order valence-electron chi connectivity index (χ2n) is 7.96. The van der Waals surface area contributed by atoms with Crippen LogP contribution in [-0.2, 0) is 4.74 Å². The van der Waals surface area contributed by atoms with Crippen LogP contribution in [0.5, 0.6) is 5.75 Å². The first-order valence-electron chi connectivity index (χ1n) is 10.6. The lowest BCUT2D eigenvalue weighted by Gasteiger charge is -2.29. The van der Waals surface area contributed by atoms with Gasteiger partial charge in [-0.25, -0.2) is 0 Å². The van der Waals surface area contributed by atoms with E-state index in [1.807, 2.05) is 30.3 Å². The summed E-state index contributed by atoms with van der Waals surface area (Å²) in [4.78, 5) is 30.1. The molecular formula is C24H25N2O5+. The normalized spacial score (nSPS) is 19.1. The largest absolute Gasteiger partial charge is 0.497 e. The fraction of sp³-hybridized carbons (Fsp3) is 0.333. The molecule has 1 amide bonds. The molecule has 1 aromatic heterocycles. The Hall–Kier alpha value is -3.16. The number of hydrogen-bond acceptors (Lipinski definition) is 5. The van der Waals surface area contributed by atoms with Gasteiger partial charge < -0.3 is 23.7 Å². The summed E-state index contributed by atoms with van der Waals surface area (Å²) < 4.78 is 16.8. The van der Waals surface area contributed by atoms with Gasteiger partial charge in [0.1, 0.15) is 24.4 Å². The Labute approximate surface area is 179 Å². The maximum atomic E-state index is 13.5. The van der Waals surface area contributed by atoms with E-state index < -0.39 is 6.04 Å². The Morgan fingerprint density at radius 1 is 1.10 bits per heavy atom. The number of carbonyl (C=O) groups is 1. The van der Waals surface area contributed by atoms with Crippen LogP contribution in [0.1, 0.15) is 27.7 Å². The maximum Gasteiger partial charge on any atom is 0.291 e.